The number of hydrogen-bond acceptors (Lipinski definition) is 4. The predicted molar refractivity (Wildman–Crippen MR) is 90.5 cm³/mol. The van der Waals surface area contributed by atoms with Crippen LogP contribution in [-0.2, 0) is 11.2 Å². The first kappa shape index (κ1) is 16.5. The minimum absolute atomic E-state index is 0.0345. The molecule has 0 aliphatic carbocycles. The van der Waals surface area contributed by atoms with Crippen LogP contribution < -0.4 is 10.1 Å². The van der Waals surface area contributed by atoms with Crippen molar-refractivity contribution >= 4 is 17.2 Å². The molecule has 0 saturated heterocycles. The van der Waals surface area contributed by atoms with Crippen LogP contribution in [-0.4, -0.2) is 38.6 Å². The van der Waals surface area contributed by atoms with Gasteiger partial charge in [0.05, 0.1) is 19.6 Å². The number of thiophene rings is 1. The van der Waals surface area contributed by atoms with Crippen LogP contribution in [0.4, 0.5) is 0 Å². The molecule has 0 radical (unpaired) electrons. The Balaban J connectivity index is 1.88. The molecule has 0 saturated carbocycles. The first-order chi connectivity index (χ1) is 10.6. The summed E-state index contributed by atoms with van der Waals surface area (Å²) in [6, 6.07) is 9.88. The molecular weight excluding hydrogens is 296 g/mol. The molecule has 1 atom stereocenters. The highest BCUT2D eigenvalue weighted by molar-refractivity contribution is 7.07. The Kier molecular flexibility index (Phi) is 5.98. The van der Waals surface area contributed by atoms with Crippen molar-refractivity contribution < 1.29 is 9.53 Å². The Labute approximate surface area is 135 Å². The molecule has 1 unspecified atom stereocenters. The predicted octanol–water partition coefficient (Wildman–Crippen LogP) is 2.72. The van der Waals surface area contributed by atoms with Gasteiger partial charge in [-0.3, -0.25) is 4.79 Å². The third-order valence-corrected chi connectivity index (χ3v) is 4.27. The van der Waals surface area contributed by atoms with E-state index in [1.807, 2.05) is 38.4 Å². The molecule has 5 heteroatoms. The lowest BCUT2D eigenvalue weighted by Crippen LogP contribution is -2.35. The maximum Gasteiger partial charge on any atom is 0.224 e. The number of hydrogen-bond donors (Lipinski definition) is 1. The van der Waals surface area contributed by atoms with Gasteiger partial charge in [0.15, 0.2) is 0 Å². The molecule has 1 aromatic carbocycles. The quantitative estimate of drug-likeness (QED) is 0.853. The summed E-state index contributed by atoms with van der Waals surface area (Å²) in [7, 11) is 5.68. The number of ether oxygens (including phenoxy) is 1. The fourth-order valence-electron chi connectivity index (χ4n) is 2.26. The Hall–Kier alpha value is -1.85. The van der Waals surface area contributed by atoms with E-state index in [4.69, 9.17) is 4.74 Å². The molecule has 1 amide bonds. The molecule has 118 valence electrons. The highest BCUT2D eigenvalue weighted by Crippen LogP contribution is 2.20. The number of nitrogens with zero attached hydrogens (tertiary/aromatic N) is 1. The van der Waals surface area contributed by atoms with E-state index in [1.54, 1.807) is 18.4 Å². The lowest BCUT2D eigenvalue weighted by Gasteiger charge is -2.24. The van der Waals surface area contributed by atoms with Crippen molar-refractivity contribution in [3.05, 3.63) is 52.2 Å². The number of nitrogens with one attached hydrogen (secondary N) is 1. The van der Waals surface area contributed by atoms with Gasteiger partial charge in [0.1, 0.15) is 5.75 Å². The summed E-state index contributed by atoms with van der Waals surface area (Å²) in [6.45, 7) is 0.610. The number of carbonyl (C=O) groups excluding carboxylic acids is 1. The van der Waals surface area contributed by atoms with Gasteiger partial charge in [0, 0.05) is 6.54 Å². The van der Waals surface area contributed by atoms with E-state index >= 15 is 0 Å². The Morgan fingerprint density at radius 1 is 1.27 bits per heavy atom. The zero-order chi connectivity index (χ0) is 15.9. The van der Waals surface area contributed by atoms with Crippen molar-refractivity contribution in [2.24, 2.45) is 0 Å². The van der Waals surface area contributed by atoms with Gasteiger partial charge in [-0.2, -0.15) is 11.3 Å². The second-order valence-corrected chi connectivity index (χ2v) is 6.15. The number of carbonyl (C=O) groups is 1. The van der Waals surface area contributed by atoms with Crippen LogP contribution in [0.3, 0.4) is 0 Å². The third kappa shape index (κ3) is 4.58. The monoisotopic (exact) mass is 318 g/mol. The van der Waals surface area contributed by atoms with E-state index in [0.717, 1.165) is 11.3 Å². The summed E-state index contributed by atoms with van der Waals surface area (Å²) < 4.78 is 5.12. The van der Waals surface area contributed by atoms with Crippen LogP contribution in [0.5, 0.6) is 5.75 Å². The number of amides is 1. The van der Waals surface area contributed by atoms with Crippen LogP contribution >= 0.6 is 11.3 Å². The minimum Gasteiger partial charge on any atom is -0.497 e. The van der Waals surface area contributed by atoms with Gasteiger partial charge in [-0.25, -0.2) is 0 Å². The number of methoxy groups -OCH3 is 1. The van der Waals surface area contributed by atoms with E-state index in [9.17, 15) is 4.79 Å². The largest absolute Gasteiger partial charge is 0.497 e. The lowest BCUT2D eigenvalue weighted by atomic mass is 10.1. The SMILES string of the molecule is COc1ccc(CC(=O)NCC(c2ccsc2)N(C)C)cc1. The molecule has 2 aromatic rings. The van der Waals surface area contributed by atoms with Crippen molar-refractivity contribution in [2.45, 2.75) is 12.5 Å². The first-order valence-corrected chi connectivity index (χ1v) is 8.12. The number of rotatable bonds is 7. The second-order valence-electron chi connectivity index (χ2n) is 5.37. The van der Waals surface area contributed by atoms with Gasteiger partial charge in [0.25, 0.3) is 0 Å². The van der Waals surface area contributed by atoms with Crippen LogP contribution in [0.1, 0.15) is 17.2 Å². The average Bonchev–Trinajstić information content (AvgIpc) is 3.02. The van der Waals surface area contributed by atoms with Gasteiger partial charge < -0.3 is 15.0 Å². The lowest BCUT2D eigenvalue weighted by molar-refractivity contribution is -0.120. The molecule has 22 heavy (non-hydrogen) atoms. The van der Waals surface area contributed by atoms with Crippen molar-refractivity contribution in [1.29, 1.82) is 0 Å². The molecule has 2 rings (SSSR count). The molecule has 0 spiro atoms. The van der Waals surface area contributed by atoms with Crippen molar-refractivity contribution in [3.8, 4) is 5.75 Å². The van der Waals surface area contributed by atoms with Crippen molar-refractivity contribution in [2.75, 3.05) is 27.7 Å². The van der Waals surface area contributed by atoms with Crippen LogP contribution in [0.2, 0.25) is 0 Å². The van der Waals surface area contributed by atoms with Crippen LogP contribution in [0.25, 0.3) is 0 Å². The van der Waals surface area contributed by atoms with Crippen molar-refractivity contribution in [1.82, 2.24) is 10.2 Å². The fourth-order valence-corrected chi connectivity index (χ4v) is 2.97. The Morgan fingerprint density at radius 2 is 2.00 bits per heavy atom. The normalized spacial score (nSPS) is 12.2. The van der Waals surface area contributed by atoms with E-state index in [-0.39, 0.29) is 11.9 Å². The van der Waals surface area contributed by atoms with Crippen LogP contribution in [0, 0.1) is 0 Å². The number of benzene rings is 1. The van der Waals surface area contributed by atoms with E-state index in [2.05, 4.69) is 27.0 Å². The fraction of sp³-hybridized carbons (Fsp3) is 0.353. The molecule has 0 aliphatic heterocycles. The second kappa shape index (κ2) is 7.96. The molecule has 0 fully saturated rings. The third-order valence-electron chi connectivity index (χ3n) is 3.57. The highest BCUT2D eigenvalue weighted by atomic mass is 32.1. The molecule has 0 aliphatic rings. The highest BCUT2D eigenvalue weighted by Gasteiger charge is 2.15. The van der Waals surface area contributed by atoms with Crippen LogP contribution in [0.15, 0.2) is 41.1 Å². The Morgan fingerprint density at radius 3 is 2.55 bits per heavy atom. The zero-order valence-electron chi connectivity index (χ0n) is 13.2. The van der Waals surface area contributed by atoms with Gasteiger partial charge >= 0.3 is 0 Å². The molecule has 4 nitrogen and oxygen atoms in total. The van der Waals surface area contributed by atoms with E-state index < -0.39 is 0 Å². The zero-order valence-corrected chi connectivity index (χ0v) is 14.0. The summed E-state index contributed by atoms with van der Waals surface area (Å²) in [5.74, 6) is 0.835. The summed E-state index contributed by atoms with van der Waals surface area (Å²) in [6.07, 6.45) is 0.383. The summed E-state index contributed by atoms with van der Waals surface area (Å²) in [5, 5.41) is 7.21. The molecule has 1 aromatic heterocycles. The van der Waals surface area contributed by atoms with Crippen molar-refractivity contribution in [3.63, 3.8) is 0 Å². The van der Waals surface area contributed by atoms with Gasteiger partial charge in [-0.1, -0.05) is 12.1 Å². The summed E-state index contributed by atoms with van der Waals surface area (Å²) >= 11 is 1.67. The Bertz CT molecular complexity index is 579. The first-order valence-electron chi connectivity index (χ1n) is 7.18. The smallest absolute Gasteiger partial charge is 0.224 e. The van der Waals surface area contributed by atoms with Gasteiger partial charge in [-0.05, 0) is 54.2 Å². The minimum atomic E-state index is 0.0345. The topological polar surface area (TPSA) is 41.6 Å². The maximum atomic E-state index is 12.1. The van der Waals surface area contributed by atoms with Gasteiger partial charge in [-0.15, -0.1) is 0 Å². The summed E-state index contributed by atoms with van der Waals surface area (Å²) in [4.78, 5) is 14.2. The number of likely N-dealkylation sites (N-methyl/N-ethyl adjacent to an activating group) is 1. The molecule has 0 bridgehead atoms. The van der Waals surface area contributed by atoms with Gasteiger partial charge in [0.2, 0.25) is 5.91 Å². The summed E-state index contributed by atoms with van der Waals surface area (Å²) in [5.41, 5.74) is 2.22. The maximum absolute atomic E-state index is 12.1. The average molecular weight is 318 g/mol. The van der Waals surface area contributed by atoms with E-state index in [0.29, 0.717) is 13.0 Å². The molecular formula is C17H22N2O2S. The standard InChI is InChI=1S/C17H22N2O2S/c1-19(2)16(14-8-9-22-12-14)11-18-17(20)10-13-4-6-15(21-3)7-5-13/h4-9,12,16H,10-11H2,1-3H3,(H,18,20). The molecule has 1 N–H and O–H groups in total. The molecule has 1 heterocycles. The van der Waals surface area contributed by atoms with E-state index in [1.165, 1.54) is 5.56 Å².